The number of thiophene rings is 1. The normalized spacial score (nSPS) is 30.6. The van der Waals surface area contributed by atoms with Crippen LogP contribution in [0, 0.1) is 0 Å². The summed E-state index contributed by atoms with van der Waals surface area (Å²) in [6.07, 6.45) is 4.79. The Kier molecular flexibility index (Phi) is 4.06. The smallest absolute Gasteiger partial charge is 0.0697 e. The molecule has 0 radical (unpaired) electrons. The molecule has 0 unspecified atom stereocenters. The van der Waals surface area contributed by atoms with Crippen LogP contribution >= 0.6 is 27.3 Å². The lowest BCUT2D eigenvalue weighted by atomic mass is 9.80. The van der Waals surface area contributed by atoms with Gasteiger partial charge in [-0.05, 0) is 54.7 Å². The van der Waals surface area contributed by atoms with Crippen LogP contribution in [0.2, 0.25) is 0 Å². The minimum absolute atomic E-state index is 0.475. The molecule has 4 heteroatoms. The lowest BCUT2D eigenvalue weighted by Crippen LogP contribution is -2.41. The van der Waals surface area contributed by atoms with E-state index in [1.54, 1.807) is 11.3 Å². The Morgan fingerprint density at radius 3 is 2.75 bits per heavy atom. The first kappa shape index (κ1) is 12.6. The molecule has 1 heterocycles. The van der Waals surface area contributed by atoms with E-state index in [0.29, 0.717) is 6.04 Å². The van der Waals surface area contributed by atoms with Crippen LogP contribution in [0.5, 0.6) is 0 Å². The molecule has 0 aromatic carbocycles. The van der Waals surface area contributed by atoms with Gasteiger partial charge in [0, 0.05) is 27.2 Å². The van der Waals surface area contributed by atoms with Crippen molar-refractivity contribution in [3.8, 4) is 0 Å². The Bertz CT molecular complexity index is 345. The van der Waals surface area contributed by atoms with Crippen molar-refractivity contribution >= 4 is 27.3 Å². The molecule has 16 heavy (non-hydrogen) atoms. The summed E-state index contributed by atoms with van der Waals surface area (Å²) in [5.74, 6) is 0. The van der Waals surface area contributed by atoms with Gasteiger partial charge in [0.2, 0.25) is 0 Å². The molecule has 1 saturated carbocycles. The zero-order valence-electron chi connectivity index (χ0n) is 9.50. The van der Waals surface area contributed by atoms with Crippen molar-refractivity contribution in [3.63, 3.8) is 0 Å². The van der Waals surface area contributed by atoms with Crippen LogP contribution in [0.1, 0.15) is 30.6 Å². The Hall–Kier alpha value is 0.1000. The topological polar surface area (TPSA) is 32.3 Å². The molecule has 2 N–H and O–H groups in total. The number of halogens is 1. The van der Waals surface area contributed by atoms with Crippen molar-refractivity contribution in [2.45, 2.75) is 43.7 Å². The monoisotopic (exact) mass is 303 g/mol. The minimum atomic E-state index is -0.475. The molecular formula is C12H18BrNOS. The predicted octanol–water partition coefficient (Wildman–Crippen LogP) is 2.95. The third kappa shape index (κ3) is 3.06. The number of rotatable bonds is 3. The molecule has 0 saturated heterocycles. The van der Waals surface area contributed by atoms with E-state index in [1.165, 1.54) is 4.88 Å². The third-order valence-corrected chi connectivity index (χ3v) is 5.15. The van der Waals surface area contributed by atoms with Gasteiger partial charge in [-0.1, -0.05) is 0 Å². The lowest BCUT2D eigenvalue weighted by molar-refractivity contribution is -0.00176. The Morgan fingerprint density at radius 2 is 2.25 bits per heavy atom. The quantitative estimate of drug-likeness (QED) is 0.900. The van der Waals surface area contributed by atoms with E-state index >= 15 is 0 Å². The summed E-state index contributed by atoms with van der Waals surface area (Å²) in [7, 11) is 2.01. The van der Waals surface area contributed by atoms with Crippen molar-refractivity contribution in [2.75, 3.05) is 7.05 Å². The Labute approximate surface area is 109 Å². The van der Waals surface area contributed by atoms with Crippen molar-refractivity contribution in [1.82, 2.24) is 5.32 Å². The van der Waals surface area contributed by atoms with Gasteiger partial charge in [-0.3, -0.25) is 0 Å². The first-order valence-corrected chi connectivity index (χ1v) is 7.41. The van der Waals surface area contributed by atoms with Gasteiger partial charge in [0.15, 0.2) is 0 Å². The van der Waals surface area contributed by atoms with Gasteiger partial charge >= 0.3 is 0 Å². The van der Waals surface area contributed by atoms with E-state index in [2.05, 4.69) is 32.7 Å². The largest absolute Gasteiger partial charge is 0.390 e. The molecule has 0 atom stereocenters. The van der Waals surface area contributed by atoms with Crippen LogP contribution in [0.15, 0.2) is 15.9 Å². The standard InChI is InChI=1S/C12H18BrNOS/c1-14-10-2-4-12(15,5-3-10)7-11-6-9(13)8-16-11/h6,8,10,14-15H,2-5,7H2,1H3. The molecule has 1 aromatic heterocycles. The summed E-state index contributed by atoms with van der Waals surface area (Å²) in [6, 6.07) is 2.71. The maximum Gasteiger partial charge on any atom is 0.0697 e. The van der Waals surface area contributed by atoms with Crippen LogP contribution < -0.4 is 5.32 Å². The molecule has 1 fully saturated rings. The first-order chi connectivity index (χ1) is 7.61. The fraction of sp³-hybridized carbons (Fsp3) is 0.667. The zero-order chi connectivity index (χ0) is 11.6. The van der Waals surface area contributed by atoms with Crippen LogP contribution in [0.3, 0.4) is 0 Å². The van der Waals surface area contributed by atoms with Gasteiger partial charge < -0.3 is 10.4 Å². The highest BCUT2D eigenvalue weighted by Crippen LogP contribution is 2.33. The fourth-order valence-electron chi connectivity index (χ4n) is 2.39. The molecule has 1 aromatic rings. The second-order valence-corrected chi connectivity index (χ2v) is 6.61. The summed E-state index contributed by atoms with van der Waals surface area (Å²) < 4.78 is 1.13. The van der Waals surface area contributed by atoms with Gasteiger partial charge in [0.1, 0.15) is 0 Å². The summed E-state index contributed by atoms with van der Waals surface area (Å²) in [5.41, 5.74) is -0.475. The van der Waals surface area contributed by atoms with Crippen molar-refractivity contribution < 1.29 is 5.11 Å². The Balaban J connectivity index is 1.94. The highest BCUT2D eigenvalue weighted by atomic mass is 79.9. The summed E-state index contributed by atoms with van der Waals surface area (Å²) in [6.45, 7) is 0. The minimum Gasteiger partial charge on any atom is -0.390 e. The average Bonchev–Trinajstić information content (AvgIpc) is 2.64. The van der Waals surface area contributed by atoms with Gasteiger partial charge in [-0.25, -0.2) is 0 Å². The van der Waals surface area contributed by atoms with E-state index in [0.717, 1.165) is 36.6 Å². The highest BCUT2D eigenvalue weighted by molar-refractivity contribution is 9.10. The molecule has 0 bridgehead atoms. The van der Waals surface area contributed by atoms with Crippen molar-refractivity contribution in [3.05, 3.63) is 20.8 Å². The summed E-state index contributed by atoms with van der Waals surface area (Å²) >= 11 is 5.18. The van der Waals surface area contributed by atoms with Gasteiger partial charge in [0.05, 0.1) is 5.60 Å². The van der Waals surface area contributed by atoms with Crippen LogP contribution in [-0.2, 0) is 6.42 Å². The predicted molar refractivity (Wildman–Crippen MR) is 72.0 cm³/mol. The van der Waals surface area contributed by atoms with Crippen LogP contribution in [-0.4, -0.2) is 23.8 Å². The summed E-state index contributed by atoms with van der Waals surface area (Å²) in [5, 5.41) is 15.9. The van der Waals surface area contributed by atoms with Crippen LogP contribution in [0.25, 0.3) is 0 Å². The van der Waals surface area contributed by atoms with E-state index in [9.17, 15) is 5.11 Å². The number of nitrogens with one attached hydrogen (secondary N) is 1. The lowest BCUT2D eigenvalue weighted by Gasteiger charge is -2.35. The van der Waals surface area contributed by atoms with E-state index in [-0.39, 0.29) is 0 Å². The van der Waals surface area contributed by atoms with Gasteiger partial charge in [-0.2, -0.15) is 0 Å². The number of hydrogen-bond acceptors (Lipinski definition) is 3. The molecule has 1 aliphatic carbocycles. The first-order valence-electron chi connectivity index (χ1n) is 5.74. The molecule has 1 aliphatic rings. The Morgan fingerprint density at radius 1 is 1.56 bits per heavy atom. The van der Waals surface area contributed by atoms with Crippen molar-refractivity contribution in [2.24, 2.45) is 0 Å². The average molecular weight is 304 g/mol. The zero-order valence-corrected chi connectivity index (χ0v) is 11.9. The fourth-order valence-corrected chi connectivity index (χ4v) is 3.98. The highest BCUT2D eigenvalue weighted by Gasteiger charge is 2.33. The van der Waals surface area contributed by atoms with Crippen molar-refractivity contribution in [1.29, 1.82) is 0 Å². The second-order valence-electron chi connectivity index (χ2n) is 4.70. The molecule has 0 amide bonds. The molecular weight excluding hydrogens is 286 g/mol. The van der Waals surface area contributed by atoms with Crippen LogP contribution in [0.4, 0.5) is 0 Å². The number of hydrogen-bond donors (Lipinski definition) is 2. The van der Waals surface area contributed by atoms with Gasteiger partial charge in [0.25, 0.3) is 0 Å². The van der Waals surface area contributed by atoms with E-state index in [4.69, 9.17) is 0 Å². The molecule has 0 aliphatic heterocycles. The summed E-state index contributed by atoms with van der Waals surface area (Å²) in [4.78, 5) is 1.28. The maximum absolute atomic E-state index is 10.5. The van der Waals surface area contributed by atoms with Gasteiger partial charge in [-0.15, -0.1) is 11.3 Å². The third-order valence-electron chi connectivity index (χ3n) is 3.45. The SMILES string of the molecule is CNC1CCC(O)(Cc2cc(Br)cs2)CC1. The number of aliphatic hydroxyl groups is 1. The second kappa shape index (κ2) is 5.17. The molecule has 2 nitrogen and oxygen atoms in total. The molecule has 0 spiro atoms. The molecule has 90 valence electrons. The maximum atomic E-state index is 10.5. The van der Waals surface area contributed by atoms with E-state index < -0.39 is 5.60 Å². The molecule has 2 rings (SSSR count). The van der Waals surface area contributed by atoms with E-state index in [1.807, 2.05) is 7.05 Å².